The second-order valence-corrected chi connectivity index (χ2v) is 27.8. The maximum Gasteiger partial charge on any atom is 0.291 e. The van der Waals surface area contributed by atoms with Gasteiger partial charge < -0.3 is 125 Å². The summed E-state index contributed by atoms with van der Waals surface area (Å²) in [6.45, 7) is 2.56. The molecule has 610 valence electrons. The van der Waals surface area contributed by atoms with E-state index >= 15 is 0 Å². The number of hydrogen-bond donors (Lipinski definition) is 14. The fraction of sp³-hybridized carbons (Fsp3) is 0.307. The minimum absolute atomic E-state index is 0.00300. The van der Waals surface area contributed by atoms with Gasteiger partial charge in [-0.2, -0.15) is 0 Å². The Morgan fingerprint density at radius 3 is 0.879 bits per heavy atom. The van der Waals surface area contributed by atoms with Crippen LogP contribution >= 0.6 is 0 Å². The average molecular weight is 1590 g/mol. The normalized spacial score (nSPS) is 11.0. The molecular formula is C75H91N27O14. The zero-order valence-electron chi connectivity index (χ0n) is 66.0. The Morgan fingerprint density at radius 1 is 0.276 bits per heavy atom. The van der Waals surface area contributed by atoms with Crippen molar-refractivity contribution in [2.24, 2.45) is 70.5 Å². The molecule has 0 spiro atoms. The van der Waals surface area contributed by atoms with E-state index in [4.69, 9.17) is 0 Å². The van der Waals surface area contributed by atoms with Gasteiger partial charge in [0.1, 0.15) is 45.6 Å². The SMILES string of the molecule is CC(=O)Nc1cc(C(=O)Nc2cc(C(=O)Nc3cc(C(=O)NCCC(=O)Nc4cn(C)c(C(=O)Nc5cc(C(=O)NCCCC(=O)Nc6cc(C(=O)Nc7cc(C(=O)NCCC(=O)Nc8cc(C(=O)Nc9cc(C(=O)Nc%10cn(C)c(C(=O)NCCCN(C)C)n%10)n(C)c9)n(C)c8)n(C)c7)n(C)c6)n(C)c5)n4)n(C)c3)n(C)c2)n(C)c1. The summed E-state index contributed by atoms with van der Waals surface area (Å²) in [6.07, 6.45) is 16.0. The van der Waals surface area contributed by atoms with E-state index in [1.807, 2.05) is 19.0 Å². The lowest BCUT2D eigenvalue weighted by molar-refractivity contribution is -0.117. The van der Waals surface area contributed by atoms with Crippen LogP contribution in [0.15, 0.2) is 110 Å². The Balaban J connectivity index is 0.595. The van der Waals surface area contributed by atoms with E-state index in [1.54, 1.807) is 106 Å². The van der Waals surface area contributed by atoms with E-state index in [0.29, 0.717) is 40.7 Å². The van der Waals surface area contributed by atoms with Crippen molar-refractivity contribution < 1.29 is 67.1 Å². The Bertz CT molecular complexity index is 5500. The van der Waals surface area contributed by atoms with Crippen molar-refractivity contribution >= 4 is 140 Å². The first kappa shape index (κ1) is 83.7. The molecule has 0 unspecified atom stereocenters. The molecule has 0 saturated carbocycles. The van der Waals surface area contributed by atoms with Crippen molar-refractivity contribution in [2.75, 3.05) is 100.0 Å². The number of aryl methyl sites for hydroxylation is 10. The van der Waals surface area contributed by atoms with Crippen LogP contribution in [0.5, 0.6) is 0 Å². The van der Waals surface area contributed by atoms with Gasteiger partial charge in [0.2, 0.25) is 35.3 Å². The van der Waals surface area contributed by atoms with Crippen LogP contribution < -0.4 is 74.4 Å². The van der Waals surface area contributed by atoms with Crippen LogP contribution in [0.1, 0.15) is 144 Å². The fourth-order valence-corrected chi connectivity index (χ4v) is 12.3. The van der Waals surface area contributed by atoms with Gasteiger partial charge in [-0.25, -0.2) is 9.97 Å². The zero-order chi connectivity index (χ0) is 84.1. The van der Waals surface area contributed by atoms with Gasteiger partial charge >= 0.3 is 0 Å². The topological polar surface area (TPSA) is 486 Å². The number of hydrogen-bond acceptors (Lipinski definition) is 17. The highest BCUT2D eigenvalue weighted by molar-refractivity contribution is 6.11. The van der Waals surface area contributed by atoms with Crippen LogP contribution in [0.25, 0.3) is 0 Å². The number of aromatic nitrogens is 12. The molecule has 116 heavy (non-hydrogen) atoms. The summed E-state index contributed by atoms with van der Waals surface area (Å²) in [6, 6.07) is 11.8. The fourth-order valence-electron chi connectivity index (χ4n) is 12.3. The molecule has 0 aliphatic heterocycles. The smallest absolute Gasteiger partial charge is 0.291 e. The first-order chi connectivity index (χ1) is 55.0. The maximum absolute atomic E-state index is 13.5. The van der Waals surface area contributed by atoms with Crippen LogP contribution in [0, 0.1) is 0 Å². The molecular weight excluding hydrogens is 1500 g/mol. The van der Waals surface area contributed by atoms with E-state index < -0.39 is 70.9 Å². The Labute approximate surface area is 663 Å². The number of carbonyl (C=O) groups is 14. The Hall–Kier alpha value is -14.8. The first-order valence-corrected chi connectivity index (χ1v) is 36.2. The van der Waals surface area contributed by atoms with Gasteiger partial charge in [-0.05, 0) is 82.0 Å². The van der Waals surface area contributed by atoms with Crippen molar-refractivity contribution in [2.45, 2.75) is 39.0 Å². The summed E-state index contributed by atoms with van der Waals surface area (Å²) < 4.78 is 15.0. The third kappa shape index (κ3) is 21.4. The van der Waals surface area contributed by atoms with Gasteiger partial charge in [0.05, 0.1) is 45.5 Å². The quantitative estimate of drug-likeness (QED) is 0.0256. The number of nitrogens with zero attached hydrogens (tertiary/aromatic N) is 13. The molecule has 0 aliphatic rings. The summed E-state index contributed by atoms with van der Waals surface area (Å²) in [5.41, 5.74) is 4.14. The minimum atomic E-state index is -0.656. The molecule has 0 atom stereocenters. The summed E-state index contributed by atoms with van der Waals surface area (Å²) in [5, 5.41) is 38.1. The number of amides is 14. The number of carbonyl (C=O) groups excluding carboxylic acids is 14. The van der Waals surface area contributed by atoms with Crippen LogP contribution in [-0.2, 0) is 89.7 Å². The molecule has 14 N–H and O–H groups in total. The van der Waals surface area contributed by atoms with Crippen LogP contribution in [0.2, 0.25) is 0 Å². The van der Waals surface area contributed by atoms with Gasteiger partial charge in [-0.3, -0.25) is 67.1 Å². The molecule has 10 heterocycles. The van der Waals surface area contributed by atoms with Crippen molar-refractivity contribution in [1.82, 2.24) is 81.8 Å². The highest BCUT2D eigenvalue weighted by Crippen LogP contribution is 2.25. The second kappa shape index (κ2) is 36.6. The summed E-state index contributed by atoms with van der Waals surface area (Å²) in [4.78, 5) is 194. The molecule has 0 fully saturated rings. The summed E-state index contributed by atoms with van der Waals surface area (Å²) in [5.74, 6) is -6.60. The number of anilines is 10. The molecule has 0 radical (unpaired) electrons. The molecule has 10 rings (SSSR count). The van der Waals surface area contributed by atoms with Crippen LogP contribution in [0.3, 0.4) is 0 Å². The lowest BCUT2D eigenvalue weighted by atomic mass is 10.2. The molecule has 10 aromatic heterocycles. The third-order valence-corrected chi connectivity index (χ3v) is 18.0. The predicted molar refractivity (Wildman–Crippen MR) is 429 cm³/mol. The van der Waals surface area contributed by atoms with Crippen LogP contribution in [-0.4, -0.2) is 190 Å². The molecule has 10 aromatic rings. The lowest BCUT2D eigenvalue weighted by Crippen LogP contribution is -2.29. The average Bonchev–Trinajstić information content (AvgIpc) is 1.67. The maximum atomic E-state index is 13.5. The Kier molecular flexibility index (Phi) is 26.4. The van der Waals surface area contributed by atoms with Gasteiger partial charge in [0.15, 0.2) is 11.6 Å². The molecule has 0 saturated heterocycles. The number of imidazole rings is 2. The van der Waals surface area contributed by atoms with Gasteiger partial charge in [0, 0.05) is 185 Å². The van der Waals surface area contributed by atoms with E-state index in [1.165, 1.54) is 128 Å². The first-order valence-electron chi connectivity index (χ1n) is 36.2. The van der Waals surface area contributed by atoms with E-state index in [2.05, 4.69) is 84.4 Å². The summed E-state index contributed by atoms with van der Waals surface area (Å²) >= 11 is 0. The van der Waals surface area contributed by atoms with Crippen molar-refractivity contribution in [3.8, 4) is 0 Å². The highest BCUT2D eigenvalue weighted by atomic mass is 16.2. The Morgan fingerprint density at radius 2 is 0.534 bits per heavy atom. The second-order valence-electron chi connectivity index (χ2n) is 27.8. The number of rotatable bonds is 34. The predicted octanol–water partition coefficient (Wildman–Crippen LogP) is 3.68. The van der Waals surface area contributed by atoms with E-state index in [9.17, 15) is 67.1 Å². The molecule has 0 aliphatic carbocycles. The van der Waals surface area contributed by atoms with Gasteiger partial charge in [-0.15, -0.1) is 0 Å². The van der Waals surface area contributed by atoms with E-state index in [0.717, 1.165) is 13.0 Å². The highest BCUT2D eigenvalue weighted by Gasteiger charge is 2.26. The third-order valence-electron chi connectivity index (χ3n) is 18.0. The molecule has 41 heteroatoms. The van der Waals surface area contributed by atoms with Gasteiger partial charge in [-0.1, -0.05) is 0 Å². The standard InChI is InChI=1S/C75H91N27O14/c1-42(103)80-43-24-54(96(7)32-43)69(110)85-48-30-57(99(10)37-48)72(113)84-47-28-53(94(5)36-47)68(109)79-22-18-63(106)88-59-40-102(13)65(89-59)75(116)87-50-29-51(95(6)39-50)66(107)76-19-14-16-61(104)81-44-25-55(97(8)33-44)70(111)83-46-27-52(93(4)35-46)67(108)78-21-17-62(105)82-45-26-56(98(9)34-45)71(112)86-49-31-58(100(11)38-49)73(114)91-60-41-101(12)64(90-60)74(115)77-20-15-23-92(2)3/h24-41H,14-23H2,1-13H3,(H,76,107)(H,77,115)(H,78,108)(H,79,109)(H,80,103)(H,81,104)(H,82,105)(H,83,111)(H,84,113)(H,85,110)(H,86,112)(H,87,116)(H,88,106)(H,91,114). The van der Waals surface area contributed by atoms with Crippen molar-refractivity contribution in [3.05, 3.63) is 168 Å². The minimum Gasteiger partial charge on any atom is -0.351 e. The van der Waals surface area contributed by atoms with Gasteiger partial charge in [0.25, 0.3) is 59.1 Å². The number of nitrogens with one attached hydrogen (secondary N) is 14. The van der Waals surface area contributed by atoms with E-state index in [-0.39, 0.29) is 137 Å². The summed E-state index contributed by atoms with van der Waals surface area (Å²) in [7, 11) is 20.0. The lowest BCUT2D eigenvalue weighted by Gasteiger charge is -2.09. The zero-order valence-corrected chi connectivity index (χ0v) is 66.0. The largest absolute Gasteiger partial charge is 0.351 e. The molecule has 0 aromatic carbocycles. The van der Waals surface area contributed by atoms with Crippen LogP contribution in [0.4, 0.5) is 57.1 Å². The van der Waals surface area contributed by atoms with Crippen molar-refractivity contribution in [1.29, 1.82) is 0 Å². The molecule has 41 nitrogen and oxygen atoms in total. The molecule has 0 bridgehead atoms. The monoisotopic (exact) mass is 1590 g/mol. The van der Waals surface area contributed by atoms with Crippen molar-refractivity contribution in [3.63, 3.8) is 0 Å². The molecule has 14 amide bonds.